The molecule has 1 aromatic carbocycles. The third kappa shape index (κ3) is 4.10. The highest BCUT2D eigenvalue weighted by molar-refractivity contribution is 7.90. The highest BCUT2D eigenvalue weighted by atomic mass is 32.2. The van der Waals surface area contributed by atoms with Gasteiger partial charge in [-0.1, -0.05) is 0 Å². The van der Waals surface area contributed by atoms with E-state index in [1.165, 1.54) is 0 Å². The molecule has 3 aromatic rings. The lowest BCUT2D eigenvalue weighted by Crippen LogP contribution is -2.36. The second kappa shape index (κ2) is 7.84. The molecule has 1 aliphatic heterocycles. The standard InChI is InChI=1S/C18H23N7O3S/c1-3-19-15-14-16(23-24-17(14)29(2,26)27)22-18(21-15)20-12-4-6-13(7-5-12)25-8-10-28-11-9-25/h4-7H,3,8-11H2,1-2H3,(H3,19,20,21,22,23,24). The van der Waals surface area contributed by atoms with Crippen LogP contribution in [0.5, 0.6) is 0 Å². The van der Waals surface area contributed by atoms with E-state index in [0.29, 0.717) is 23.7 Å². The molecule has 0 unspecified atom stereocenters. The predicted octanol–water partition coefficient (Wildman–Crippen LogP) is 1.77. The van der Waals surface area contributed by atoms with E-state index in [9.17, 15) is 8.42 Å². The number of benzene rings is 1. The van der Waals surface area contributed by atoms with Crippen LogP contribution in [0.25, 0.3) is 11.0 Å². The molecule has 0 atom stereocenters. The number of ether oxygens (including phenoxy) is 1. The summed E-state index contributed by atoms with van der Waals surface area (Å²) in [6, 6.07) is 7.98. The summed E-state index contributed by atoms with van der Waals surface area (Å²) in [7, 11) is -3.49. The fourth-order valence-corrected chi connectivity index (χ4v) is 3.99. The van der Waals surface area contributed by atoms with E-state index in [-0.39, 0.29) is 10.7 Å². The van der Waals surface area contributed by atoms with Crippen molar-refractivity contribution in [1.82, 2.24) is 20.2 Å². The highest BCUT2D eigenvalue weighted by Gasteiger charge is 2.21. The number of hydrogen-bond donors (Lipinski definition) is 3. The lowest BCUT2D eigenvalue weighted by molar-refractivity contribution is 0.122. The van der Waals surface area contributed by atoms with Crippen molar-refractivity contribution in [3.63, 3.8) is 0 Å². The van der Waals surface area contributed by atoms with Crippen molar-refractivity contribution in [3.8, 4) is 0 Å². The van der Waals surface area contributed by atoms with Crippen LogP contribution >= 0.6 is 0 Å². The van der Waals surface area contributed by atoms with Gasteiger partial charge in [0.15, 0.2) is 20.5 Å². The zero-order valence-electron chi connectivity index (χ0n) is 16.3. The number of morpholine rings is 1. The zero-order valence-corrected chi connectivity index (χ0v) is 17.1. The van der Waals surface area contributed by atoms with Crippen molar-refractivity contribution < 1.29 is 13.2 Å². The number of hydrogen-bond acceptors (Lipinski definition) is 9. The Kier molecular flexibility index (Phi) is 5.24. The smallest absolute Gasteiger partial charge is 0.231 e. The molecule has 0 amide bonds. The van der Waals surface area contributed by atoms with Crippen LogP contribution in [0.15, 0.2) is 29.3 Å². The molecule has 0 saturated carbocycles. The minimum atomic E-state index is -3.49. The highest BCUT2D eigenvalue weighted by Crippen LogP contribution is 2.28. The summed E-state index contributed by atoms with van der Waals surface area (Å²) in [6.45, 7) is 5.71. The lowest BCUT2D eigenvalue weighted by atomic mass is 10.2. The van der Waals surface area contributed by atoms with E-state index in [0.717, 1.165) is 43.9 Å². The normalized spacial score (nSPS) is 14.9. The Morgan fingerprint density at radius 1 is 1.17 bits per heavy atom. The van der Waals surface area contributed by atoms with E-state index < -0.39 is 9.84 Å². The first kappa shape index (κ1) is 19.4. The van der Waals surface area contributed by atoms with Gasteiger partial charge in [-0.2, -0.15) is 15.1 Å². The van der Waals surface area contributed by atoms with Gasteiger partial charge in [-0.05, 0) is 31.2 Å². The second-order valence-electron chi connectivity index (χ2n) is 6.72. The van der Waals surface area contributed by atoms with E-state index in [1.54, 1.807) is 0 Å². The van der Waals surface area contributed by atoms with Gasteiger partial charge in [-0.15, -0.1) is 0 Å². The minimum absolute atomic E-state index is 0.00450. The number of fused-ring (bicyclic) bond motifs is 1. The van der Waals surface area contributed by atoms with Crippen LogP contribution in [0, 0.1) is 0 Å². The fraction of sp³-hybridized carbons (Fsp3) is 0.389. The van der Waals surface area contributed by atoms with Crippen molar-refractivity contribution >= 4 is 44.0 Å². The SMILES string of the molecule is CCNc1nc(Nc2ccc(N3CCOCC3)cc2)nc2n[nH]c(S(C)(=O)=O)c12. The molecule has 0 radical (unpaired) electrons. The maximum atomic E-state index is 12.0. The van der Waals surface area contributed by atoms with E-state index in [2.05, 4.69) is 35.7 Å². The topological polar surface area (TPSA) is 125 Å². The molecule has 154 valence electrons. The molecule has 2 aromatic heterocycles. The average molecular weight is 417 g/mol. The van der Waals surface area contributed by atoms with Gasteiger partial charge in [-0.3, -0.25) is 5.10 Å². The molecule has 0 bridgehead atoms. The average Bonchev–Trinajstić information content (AvgIpc) is 3.14. The third-order valence-corrected chi connectivity index (χ3v) is 5.63. The first-order chi connectivity index (χ1) is 14.0. The first-order valence-corrected chi connectivity index (χ1v) is 11.2. The Balaban J connectivity index is 1.62. The molecule has 29 heavy (non-hydrogen) atoms. The van der Waals surface area contributed by atoms with Crippen molar-refractivity contribution in [2.45, 2.75) is 11.9 Å². The largest absolute Gasteiger partial charge is 0.378 e. The number of H-pyrrole nitrogens is 1. The van der Waals surface area contributed by atoms with E-state index >= 15 is 0 Å². The summed E-state index contributed by atoms with van der Waals surface area (Å²) in [5, 5.41) is 13.2. The summed E-state index contributed by atoms with van der Waals surface area (Å²) < 4.78 is 29.4. The van der Waals surface area contributed by atoms with Gasteiger partial charge in [0, 0.05) is 37.3 Å². The predicted molar refractivity (Wildman–Crippen MR) is 112 cm³/mol. The molecule has 11 heteroatoms. The molecule has 4 rings (SSSR count). The van der Waals surface area contributed by atoms with Gasteiger partial charge in [0.1, 0.15) is 11.2 Å². The van der Waals surface area contributed by atoms with Crippen LogP contribution in [-0.4, -0.2) is 67.7 Å². The zero-order chi connectivity index (χ0) is 20.4. The Hall–Kier alpha value is -2.92. The number of rotatable bonds is 6. The summed E-state index contributed by atoms with van der Waals surface area (Å²) in [4.78, 5) is 11.1. The van der Waals surface area contributed by atoms with E-state index in [1.807, 2.05) is 31.2 Å². The third-order valence-electron chi connectivity index (χ3n) is 4.60. The molecule has 3 heterocycles. The van der Waals surface area contributed by atoms with Crippen LogP contribution in [0.4, 0.5) is 23.1 Å². The summed E-state index contributed by atoms with van der Waals surface area (Å²) in [6.07, 6.45) is 1.12. The van der Waals surface area contributed by atoms with Gasteiger partial charge < -0.3 is 20.3 Å². The summed E-state index contributed by atoms with van der Waals surface area (Å²) >= 11 is 0. The van der Waals surface area contributed by atoms with Gasteiger partial charge in [0.25, 0.3) is 0 Å². The van der Waals surface area contributed by atoms with Gasteiger partial charge >= 0.3 is 0 Å². The molecule has 3 N–H and O–H groups in total. The Morgan fingerprint density at radius 3 is 2.55 bits per heavy atom. The first-order valence-electron chi connectivity index (χ1n) is 9.35. The monoisotopic (exact) mass is 417 g/mol. The minimum Gasteiger partial charge on any atom is -0.378 e. The summed E-state index contributed by atoms with van der Waals surface area (Å²) in [5.74, 6) is 0.748. The number of nitrogens with one attached hydrogen (secondary N) is 3. The number of aromatic nitrogens is 4. The Labute approximate surface area is 168 Å². The molecular formula is C18H23N7O3S. The quantitative estimate of drug-likeness (QED) is 0.550. The number of aromatic amines is 1. The Bertz CT molecular complexity index is 1110. The molecule has 1 saturated heterocycles. The molecule has 1 fully saturated rings. The fourth-order valence-electron chi connectivity index (χ4n) is 3.22. The van der Waals surface area contributed by atoms with Crippen LogP contribution in [0.1, 0.15) is 6.92 Å². The number of sulfone groups is 1. The van der Waals surface area contributed by atoms with Crippen LogP contribution in [0.3, 0.4) is 0 Å². The van der Waals surface area contributed by atoms with Gasteiger partial charge in [0.2, 0.25) is 5.95 Å². The van der Waals surface area contributed by atoms with Crippen LogP contribution in [0.2, 0.25) is 0 Å². The van der Waals surface area contributed by atoms with Crippen LogP contribution in [-0.2, 0) is 14.6 Å². The number of anilines is 4. The van der Waals surface area contributed by atoms with Crippen molar-refractivity contribution in [2.75, 3.05) is 54.6 Å². The second-order valence-corrected chi connectivity index (χ2v) is 8.67. The van der Waals surface area contributed by atoms with Crippen molar-refractivity contribution in [2.24, 2.45) is 0 Å². The van der Waals surface area contributed by atoms with Crippen molar-refractivity contribution in [3.05, 3.63) is 24.3 Å². The molecule has 1 aliphatic rings. The van der Waals surface area contributed by atoms with Gasteiger partial charge in [-0.25, -0.2) is 8.42 Å². The molecule has 0 spiro atoms. The van der Waals surface area contributed by atoms with E-state index in [4.69, 9.17) is 4.74 Å². The van der Waals surface area contributed by atoms with Gasteiger partial charge in [0.05, 0.1) is 13.2 Å². The summed E-state index contributed by atoms with van der Waals surface area (Å²) in [5.41, 5.74) is 2.24. The molecule has 0 aliphatic carbocycles. The Morgan fingerprint density at radius 2 is 1.90 bits per heavy atom. The lowest BCUT2D eigenvalue weighted by Gasteiger charge is -2.28. The number of nitrogens with zero attached hydrogens (tertiary/aromatic N) is 4. The molecular weight excluding hydrogens is 394 g/mol. The maximum Gasteiger partial charge on any atom is 0.231 e. The van der Waals surface area contributed by atoms with Crippen LogP contribution < -0.4 is 15.5 Å². The maximum absolute atomic E-state index is 12.0. The van der Waals surface area contributed by atoms with Crippen molar-refractivity contribution in [1.29, 1.82) is 0 Å². The molecule has 10 nitrogen and oxygen atoms in total.